The van der Waals surface area contributed by atoms with Gasteiger partial charge in [0.2, 0.25) is 5.91 Å². The Morgan fingerprint density at radius 1 is 1.48 bits per heavy atom. The van der Waals surface area contributed by atoms with E-state index in [9.17, 15) is 18.0 Å². The molecule has 8 heteroatoms. The van der Waals surface area contributed by atoms with Gasteiger partial charge in [0.25, 0.3) is 0 Å². The third-order valence-corrected chi connectivity index (χ3v) is 2.67. The van der Waals surface area contributed by atoms with Crippen molar-refractivity contribution in [3.8, 4) is 5.75 Å². The molecule has 21 heavy (non-hydrogen) atoms. The minimum atomic E-state index is -4.47. The number of amides is 1. The average molecular weight is 325 g/mol. The number of hydrogen-bond donors (Lipinski definition) is 2. The predicted octanol–water partition coefficient (Wildman–Crippen LogP) is 3.35. The Bertz CT molecular complexity index is 493. The van der Waals surface area contributed by atoms with Crippen molar-refractivity contribution < 1.29 is 22.7 Å². The number of hydrogen-bond acceptors (Lipinski definition) is 3. The molecule has 0 aromatic heterocycles. The van der Waals surface area contributed by atoms with E-state index < -0.39 is 12.8 Å². The zero-order valence-electron chi connectivity index (χ0n) is 11.3. The van der Waals surface area contributed by atoms with Gasteiger partial charge in [-0.15, -0.1) is 0 Å². The second-order valence-corrected chi connectivity index (χ2v) is 5.04. The lowest BCUT2D eigenvalue weighted by Crippen LogP contribution is -2.21. The van der Waals surface area contributed by atoms with Crippen LogP contribution in [0.5, 0.6) is 5.75 Å². The molecule has 118 valence electrons. The van der Waals surface area contributed by atoms with Crippen LogP contribution in [0.3, 0.4) is 0 Å². The lowest BCUT2D eigenvalue weighted by Gasteiger charge is -2.14. The molecular weight excluding hydrogens is 309 g/mol. The lowest BCUT2D eigenvalue weighted by molar-refractivity contribution is -0.153. The van der Waals surface area contributed by atoms with E-state index in [1.807, 2.05) is 0 Å². The van der Waals surface area contributed by atoms with E-state index in [1.54, 1.807) is 6.92 Å². The van der Waals surface area contributed by atoms with Crippen molar-refractivity contribution in [1.82, 2.24) is 0 Å². The first-order chi connectivity index (χ1) is 9.67. The number of nitrogens with two attached hydrogens (primary N) is 1. The SMILES string of the molecule is CC(N)CCC(=O)Nc1ccc(Cl)cc1OCC(F)(F)F. The highest BCUT2D eigenvalue weighted by Gasteiger charge is 2.29. The highest BCUT2D eigenvalue weighted by Crippen LogP contribution is 2.30. The Balaban J connectivity index is 2.74. The number of alkyl halides is 3. The summed E-state index contributed by atoms with van der Waals surface area (Å²) < 4.78 is 41.2. The molecule has 1 atom stereocenters. The van der Waals surface area contributed by atoms with Gasteiger partial charge in [0.05, 0.1) is 5.69 Å². The van der Waals surface area contributed by atoms with Crippen molar-refractivity contribution in [2.75, 3.05) is 11.9 Å². The molecule has 0 saturated heterocycles. The van der Waals surface area contributed by atoms with E-state index >= 15 is 0 Å². The summed E-state index contributed by atoms with van der Waals surface area (Å²) in [6.45, 7) is 0.295. The Kier molecular flexibility index (Phi) is 6.29. The van der Waals surface area contributed by atoms with Crippen LogP contribution >= 0.6 is 11.6 Å². The van der Waals surface area contributed by atoms with Gasteiger partial charge in [0.1, 0.15) is 5.75 Å². The summed E-state index contributed by atoms with van der Waals surface area (Å²) in [5, 5.41) is 2.69. The summed E-state index contributed by atoms with van der Waals surface area (Å²) in [4.78, 5) is 11.7. The standard InChI is InChI=1S/C13H16ClF3N2O2/c1-8(18)2-5-12(20)19-10-4-3-9(14)6-11(10)21-7-13(15,16)17/h3-4,6,8H,2,5,7,18H2,1H3,(H,19,20). The third-order valence-electron chi connectivity index (χ3n) is 2.44. The monoisotopic (exact) mass is 324 g/mol. The zero-order valence-corrected chi connectivity index (χ0v) is 12.1. The highest BCUT2D eigenvalue weighted by atomic mass is 35.5. The first kappa shape index (κ1) is 17.6. The van der Waals surface area contributed by atoms with Crippen LogP contribution in [0.15, 0.2) is 18.2 Å². The minimum absolute atomic E-state index is 0.131. The van der Waals surface area contributed by atoms with Crippen molar-refractivity contribution in [2.45, 2.75) is 32.0 Å². The number of rotatable bonds is 6. The zero-order chi connectivity index (χ0) is 16.0. The molecule has 0 fully saturated rings. The van der Waals surface area contributed by atoms with Gasteiger partial charge in [-0.3, -0.25) is 4.79 Å². The van der Waals surface area contributed by atoms with Crippen LogP contribution in [-0.2, 0) is 4.79 Å². The van der Waals surface area contributed by atoms with Crippen molar-refractivity contribution in [1.29, 1.82) is 0 Å². The largest absolute Gasteiger partial charge is 0.482 e. The number of halogens is 4. The summed E-state index contributed by atoms with van der Waals surface area (Å²) in [5.74, 6) is -0.486. The van der Waals surface area contributed by atoms with E-state index in [2.05, 4.69) is 10.1 Å². The molecule has 0 aliphatic rings. The molecule has 1 amide bonds. The van der Waals surface area contributed by atoms with Crippen molar-refractivity contribution in [3.05, 3.63) is 23.2 Å². The fraction of sp³-hybridized carbons (Fsp3) is 0.462. The highest BCUT2D eigenvalue weighted by molar-refractivity contribution is 6.30. The number of ether oxygens (including phenoxy) is 1. The molecule has 0 radical (unpaired) electrons. The second-order valence-electron chi connectivity index (χ2n) is 4.61. The summed E-state index contributed by atoms with van der Waals surface area (Å²) in [6, 6.07) is 3.91. The van der Waals surface area contributed by atoms with Crippen molar-refractivity contribution >= 4 is 23.2 Å². The molecule has 0 bridgehead atoms. The molecule has 1 aromatic carbocycles. The Morgan fingerprint density at radius 3 is 2.71 bits per heavy atom. The minimum Gasteiger partial charge on any atom is -0.482 e. The number of carbonyl (C=O) groups is 1. The number of benzene rings is 1. The van der Waals surface area contributed by atoms with Gasteiger partial charge < -0.3 is 15.8 Å². The summed E-state index contributed by atoms with van der Waals surface area (Å²) in [5.41, 5.74) is 5.67. The van der Waals surface area contributed by atoms with Gasteiger partial charge in [-0.2, -0.15) is 13.2 Å². The van der Waals surface area contributed by atoms with E-state index in [1.165, 1.54) is 18.2 Å². The van der Waals surface area contributed by atoms with Crippen LogP contribution in [0.2, 0.25) is 5.02 Å². The predicted molar refractivity (Wildman–Crippen MR) is 74.5 cm³/mol. The van der Waals surface area contributed by atoms with Crippen molar-refractivity contribution in [2.24, 2.45) is 5.73 Å². The number of nitrogens with one attached hydrogen (secondary N) is 1. The fourth-order valence-corrected chi connectivity index (χ4v) is 1.61. The van der Waals surface area contributed by atoms with Crippen LogP contribution in [0.4, 0.5) is 18.9 Å². The first-order valence-corrected chi connectivity index (χ1v) is 6.59. The average Bonchev–Trinajstić information content (AvgIpc) is 2.35. The van der Waals surface area contributed by atoms with Crippen LogP contribution < -0.4 is 15.8 Å². The van der Waals surface area contributed by atoms with Gasteiger partial charge in [0.15, 0.2) is 6.61 Å². The third kappa shape index (κ3) is 7.19. The Hall–Kier alpha value is -1.47. The summed E-state index contributed by atoms with van der Waals surface area (Å²) in [6.07, 6.45) is -3.84. The molecule has 0 saturated carbocycles. The van der Waals surface area contributed by atoms with Crippen LogP contribution in [-0.4, -0.2) is 24.7 Å². The van der Waals surface area contributed by atoms with Gasteiger partial charge in [0, 0.05) is 23.6 Å². The quantitative estimate of drug-likeness (QED) is 0.843. The van der Waals surface area contributed by atoms with Gasteiger partial charge >= 0.3 is 6.18 Å². The van der Waals surface area contributed by atoms with E-state index in [4.69, 9.17) is 17.3 Å². The topological polar surface area (TPSA) is 64.4 Å². The Morgan fingerprint density at radius 2 is 2.14 bits per heavy atom. The van der Waals surface area contributed by atoms with Crippen LogP contribution in [0.1, 0.15) is 19.8 Å². The molecule has 0 spiro atoms. The van der Waals surface area contributed by atoms with Crippen LogP contribution in [0, 0.1) is 0 Å². The summed E-state index contributed by atoms with van der Waals surface area (Å²) >= 11 is 5.72. The molecule has 1 unspecified atom stereocenters. The molecular formula is C13H16ClF3N2O2. The first-order valence-electron chi connectivity index (χ1n) is 6.22. The number of anilines is 1. The molecule has 0 aliphatic carbocycles. The Labute approximate surface area is 125 Å². The number of carbonyl (C=O) groups excluding carboxylic acids is 1. The lowest BCUT2D eigenvalue weighted by atomic mass is 10.2. The summed E-state index contributed by atoms with van der Waals surface area (Å²) in [7, 11) is 0. The molecule has 0 heterocycles. The van der Waals surface area contributed by atoms with Crippen LogP contribution in [0.25, 0.3) is 0 Å². The maximum absolute atomic E-state index is 12.2. The molecule has 4 nitrogen and oxygen atoms in total. The van der Waals surface area contributed by atoms with Gasteiger partial charge in [-0.05, 0) is 25.5 Å². The maximum Gasteiger partial charge on any atom is 0.422 e. The van der Waals surface area contributed by atoms with E-state index in [-0.39, 0.29) is 34.8 Å². The fourth-order valence-electron chi connectivity index (χ4n) is 1.45. The molecule has 3 N–H and O–H groups in total. The maximum atomic E-state index is 12.2. The van der Waals surface area contributed by atoms with Gasteiger partial charge in [-0.1, -0.05) is 11.6 Å². The van der Waals surface area contributed by atoms with E-state index in [0.29, 0.717) is 6.42 Å². The van der Waals surface area contributed by atoms with Gasteiger partial charge in [-0.25, -0.2) is 0 Å². The molecule has 0 aliphatic heterocycles. The normalized spacial score (nSPS) is 12.9. The smallest absolute Gasteiger partial charge is 0.422 e. The van der Waals surface area contributed by atoms with E-state index in [0.717, 1.165) is 0 Å². The second kappa shape index (κ2) is 7.51. The van der Waals surface area contributed by atoms with Crippen molar-refractivity contribution in [3.63, 3.8) is 0 Å². The molecule has 1 aromatic rings. The molecule has 1 rings (SSSR count).